The molecule has 0 rings (SSSR count). The molecular formula is C10H14O6. The normalized spacial score (nSPS) is 9.25. The van der Waals surface area contributed by atoms with E-state index in [1.807, 2.05) is 0 Å². The molecule has 0 aromatic carbocycles. The van der Waals surface area contributed by atoms with E-state index in [-0.39, 0.29) is 26.4 Å². The lowest BCUT2D eigenvalue weighted by Crippen LogP contribution is -2.16. The highest BCUT2D eigenvalue weighted by Crippen LogP contribution is 1.85. The molecule has 0 saturated heterocycles. The maximum Gasteiger partial charge on any atom is 0.336 e. The van der Waals surface area contributed by atoms with Gasteiger partial charge in [-0.2, -0.15) is 0 Å². The Kier molecular flexibility index (Phi) is 8.85. The Morgan fingerprint density at radius 1 is 0.875 bits per heavy atom. The Bertz CT molecular complexity index is 222. The van der Waals surface area contributed by atoms with Gasteiger partial charge in [0.1, 0.15) is 13.2 Å². The first-order chi connectivity index (χ1) is 7.70. The van der Waals surface area contributed by atoms with Crippen LogP contribution in [0.4, 0.5) is 0 Å². The van der Waals surface area contributed by atoms with Gasteiger partial charge in [0.25, 0.3) is 0 Å². The van der Waals surface area contributed by atoms with Crippen molar-refractivity contribution in [3.05, 3.63) is 25.7 Å². The summed E-state index contributed by atoms with van der Waals surface area (Å²) in [5.74, 6) is -1.08. The average molecular weight is 230 g/mol. The molecule has 0 fully saturated rings. The van der Waals surface area contributed by atoms with Crippen molar-refractivity contribution in [2.45, 2.75) is 0 Å². The van der Waals surface area contributed by atoms with E-state index in [0.29, 0.717) is 0 Å². The van der Waals surface area contributed by atoms with Crippen LogP contribution in [0.1, 0.15) is 0 Å². The van der Waals surface area contributed by atoms with Crippen molar-refractivity contribution in [3.8, 4) is 0 Å². The molecule has 0 aromatic rings. The van der Waals surface area contributed by atoms with Gasteiger partial charge < -0.3 is 18.9 Å². The van der Waals surface area contributed by atoms with Gasteiger partial charge in [0.2, 0.25) is 0 Å². The topological polar surface area (TPSA) is 71.1 Å². The van der Waals surface area contributed by atoms with Crippen molar-refractivity contribution in [2.24, 2.45) is 0 Å². The summed E-state index contributed by atoms with van der Waals surface area (Å²) < 4.78 is 18.5. The van der Waals surface area contributed by atoms with Crippen LogP contribution >= 0.6 is 0 Å². The van der Waals surface area contributed by atoms with Gasteiger partial charge >= 0.3 is 11.9 Å². The third-order valence-corrected chi connectivity index (χ3v) is 1.24. The minimum Gasteiger partial charge on any atom is -0.433 e. The lowest BCUT2D eigenvalue weighted by atomic mass is 10.7. The van der Waals surface area contributed by atoms with E-state index in [0.717, 1.165) is 12.5 Å². The third kappa shape index (κ3) is 8.92. The summed E-state index contributed by atoms with van der Waals surface area (Å²) in [5, 5.41) is 0. The third-order valence-electron chi connectivity index (χ3n) is 1.24. The quantitative estimate of drug-likeness (QED) is 0.324. The highest BCUT2D eigenvalue weighted by atomic mass is 16.6. The summed E-state index contributed by atoms with van der Waals surface area (Å²) >= 11 is 0. The minimum absolute atomic E-state index is 0.174. The standard InChI is InChI=1S/C10H14O6/c1-3-15-9(11)7-13-5-6-14-8-10(12)16-4-2/h3-4H,1-2,5-8H2. The maximum absolute atomic E-state index is 10.7. The predicted molar refractivity (Wildman–Crippen MR) is 54.2 cm³/mol. The van der Waals surface area contributed by atoms with E-state index in [2.05, 4.69) is 22.6 Å². The second-order valence-corrected chi connectivity index (χ2v) is 2.42. The van der Waals surface area contributed by atoms with Crippen molar-refractivity contribution in [3.63, 3.8) is 0 Å². The molecule has 0 heterocycles. The Morgan fingerprint density at radius 2 is 1.25 bits per heavy atom. The Morgan fingerprint density at radius 3 is 1.56 bits per heavy atom. The van der Waals surface area contributed by atoms with E-state index >= 15 is 0 Å². The summed E-state index contributed by atoms with van der Waals surface area (Å²) in [4.78, 5) is 21.4. The predicted octanol–water partition coefficient (Wildman–Crippen LogP) is 0.393. The molecule has 0 amide bonds. The second kappa shape index (κ2) is 9.88. The fourth-order valence-corrected chi connectivity index (χ4v) is 0.683. The molecule has 0 unspecified atom stereocenters. The van der Waals surface area contributed by atoms with E-state index < -0.39 is 11.9 Å². The molecule has 0 spiro atoms. The molecule has 0 saturated carbocycles. The van der Waals surface area contributed by atoms with Crippen LogP contribution in [0.2, 0.25) is 0 Å². The van der Waals surface area contributed by atoms with E-state index in [9.17, 15) is 9.59 Å². The molecule has 0 atom stereocenters. The van der Waals surface area contributed by atoms with Crippen LogP contribution in [-0.2, 0) is 28.5 Å². The van der Waals surface area contributed by atoms with Crippen LogP contribution in [0, 0.1) is 0 Å². The largest absolute Gasteiger partial charge is 0.433 e. The minimum atomic E-state index is -0.541. The molecule has 6 heteroatoms. The summed E-state index contributed by atoms with van der Waals surface area (Å²) in [5.41, 5.74) is 0. The monoisotopic (exact) mass is 230 g/mol. The summed E-state index contributed by atoms with van der Waals surface area (Å²) in [6.07, 6.45) is 2.04. The van der Waals surface area contributed by atoms with Gasteiger partial charge in [-0.25, -0.2) is 9.59 Å². The first-order valence-corrected chi connectivity index (χ1v) is 4.47. The zero-order valence-corrected chi connectivity index (χ0v) is 8.85. The fourth-order valence-electron chi connectivity index (χ4n) is 0.683. The molecule has 6 nitrogen and oxygen atoms in total. The average Bonchev–Trinajstić information content (AvgIpc) is 2.24. The highest BCUT2D eigenvalue weighted by molar-refractivity contribution is 5.71. The van der Waals surface area contributed by atoms with Gasteiger partial charge in [-0.05, 0) is 0 Å². The van der Waals surface area contributed by atoms with Gasteiger partial charge in [-0.1, -0.05) is 13.2 Å². The number of rotatable bonds is 9. The lowest BCUT2D eigenvalue weighted by molar-refractivity contribution is -0.147. The Balaban J connectivity index is 3.27. The van der Waals surface area contributed by atoms with Gasteiger partial charge in [0.05, 0.1) is 25.7 Å². The number of carbonyl (C=O) groups excluding carboxylic acids is 2. The Labute approximate surface area is 93.4 Å². The van der Waals surface area contributed by atoms with Crippen LogP contribution < -0.4 is 0 Å². The first kappa shape index (κ1) is 14.3. The molecule has 0 N–H and O–H groups in total. The first-order valence-electron chi connectivity index (χ1n) is 4.47. The fraction of sp³-hybridized carbons (Fsp3) is 0.400. The molecular weight excluding hydrogens is 216 g/mol. The summed E-state index contributed by atoms with van der Waals surface area (Å²) in [7, 11) is 0. The van der Waals surface area contributed by atoms with E-state index in [4.69, 9.17) is 9.47 Å². The molecule has 0 bridgehead atoms. The number of esters is 2. The van der Waals surface area contributed by atoms with Crippen LogP contribution in [0.25, 0.3) is 0 Å². The molecule has 16 heavy (non-hydrogen) atoms. The number of ether oxygens (including phenoxy) is 4. The molecule has 0 radical (unpaired) electrons. The number of hydrogen-bond acceptors (Lipinski definition) is 6. The van der Waals surface area contributed by atoms with Crippen LogP contribution in [0.5, 0.6) is 0 Å². The number of carbonyl (C=O) groups is 2. The SMILES string of the molecule is C=COC(=O)COCCOCC(=O)OC=C. The molecule has 0 aromatic heterocycles. The zero-order valence-electron chi connectivity index (χ0n) is 8.85. The van der Waals surface area contributed by atoms with Gasteiger partial charge in [-0.15, -0.1) is 0 Å². The van der Waals surface area contributed by atoms with Gasteiger partial charge in [0.15, 0.2) is 0 Å². The molecule has 0 aliphatic heterocycles. The number of hydrogen-bond donors (Lipinski definition) is 0. The summed E-state index contributed by atoms with van der Waals surface area (Å²) in [6, 6.07) is 0. The van der Waals surface area contributed by atoms with E-state index in [1.165, 1.54) is 0 Å². The smallest absolute Gasteiger partial charge is 0.336 e. The van der Waals surface area contributed by atoms with Crippen LogP contribution in [-0.4, -0.2) is 38.4 Å². The van der Waals surface area contributed by atoms with Crippen molar-refractivity contribution >= 4 is 11.9 Å². The highest BCUT2D eigenvalue weighted by Gasteiger charge is 2.02. The van der Waals surface area contributed by atoms with Crippen molar-refractivity contribution in [1.82, 2.24) is 0 Å². The second-order valence-electron chi connectivity index (χ2n) is 2.42. The van der Waals surface area contributed by atoms with Crippen molar-refractivity contribution in [1.29, 1.82) is 0 Å². The van der Waals surface area contributed by atoms with Crippen LogP contribution in [0.15, 0.2) is 25.7 Å². The molecule has 0 aliphatic carbocycles. The van der Waals surface area contributed by atoms with Gasteiger partial charge in [-0.3, -0.25) is 0 Å². The van der Waals surface area contributed by atoms with Gasteiger partial charge in [0, 0.05) is 0 Å². The van der Waals surface area contributed by atoms with Crippen LogP contribution in [0.3, 0.4) is 0 Å². The maximum atomic E-state index is 10.7. The summed E-state index contributed by atoms with van der Waals surface area (Å²) in [6.45, 7) is 6.40. The molecule has 0 aliphatic rings. The van der Waals surface area contributed by atoms with Crippen molar-refractivity contribution < 1.29 is 28.5 Å². The van der Waals surface area contributed by atoms with E-state index in [1.54, 1.807) is 0 Å². The lowest BCUT2D eigenvalue weighted by Gasteiger charge is -2.03. The Hall–Kier alpha value is -1.66. The molecule has 90 valence electrons. The zero-order chi connectivity index (χ0) is 12.2. The van der Waals surface area contributed by atoms with Crippen molar-refractivity contribution in [2.75, 3.05) is 26.4 Å².